The van der Waals surface area contributed by atoms with E-state index in [1.54, 1.807) is 42.5 Å². The second-order valence-corrected chi connectivity index (χ2v) is 16.1. The molecule has 3 aromatic carbocycles. The Balaban J connectivity index is 1.56. The minimum Gasteiger partial charge on any atom is -0.496 e. The van der Waals surface area contributed by atoms with Crippen LogP contribution in [0.5, 0.6) is 23.0 Å². The number of aliphatic hydroxyl groups excluding tert-OH is 3. The van der Waals surface area contributed by atoms with Gasteiger partial charge in [0.05, 0.1) is 62.8 Å². The van der Waals surface area contributed by atoms with Gasteiger partial charge in [-0.2, -0.15) is 0 Å². The Labute approximate surface area is 378 Å². The Morgan fingerprint density at radius 2 is 1.72 bits per heavy atom. The van der Waals surface area contributed by atoms with Crippen LogP contribution < -0.4 is 14.2 Å². The fourth-order valence-electron chi connectivity index (χ4n) is 9.44. The summed E-state index contributed by atoms with van der Waals surface area (Å²) >= 11 is 0. The molecule has 0 spiro atoms. The van der Waals surface area contributed by atoms with E-state index < -0.39 is 28.8 Å². The maximum atomic E-state index is 14.0. The first-order chi connectivity index (χ1) is 31.7. The monoisotopic (exact) mass is 901 g/mol. The van der Waals surface area contributed by atoms with E-state index in [2.05, 4.69) is 12.7 Å². The molecule has 0 aromatic heterocycles. The van der Waals surface area contributed by atoms with Crippen molar-refractivity contribution >= 4 is 23.8 Å². The number of carbonyl (C=O) groups is 2. The van der Waals surface area contributed by atoms with Crippen molar-refractivity contribution in [3.8, 4) is 23.0 Å². The summed E-state index contributed by atoms with van der Waals surface area (Å²) in [4.78, 5) is 44.4. The quantitative estimate of drug-likeness (QED) is 0.0254. The molecule has 65 heavy (non-hydrogen) atoms. The Morgan fingerprint density at radius 3 is 2.40 bits per heavy atom. The van der Waals surface area contributed by atoms with Crippen LogP contribution in [0.25, 0.3) is 0 Å². The lowest BCUT2D eigenvalue weighted by Gasteiger charge is -2.59. The molecular weight excluding hydrogens is 843 g/mol. The Hall–Kier alpha value is -5.85. The van der Waals surface area contributed by atoms with Gasteiger partial charge in [0, 0.05) is 49.8 Å². The number of nitro groups is 1. The van der Waals surface area contributed by atoms with Gasteiger partial charge in [-0.25, -0.2) is 4.79 Å². The Kier molecular flexibility index (Phi) is 17.5. The molecular formula is C48H59N3O14. The number of nitro benzene ring substituents is 1. The number of allylic oxidation sites excluding steroid dienone is 1. The highest BCUT2D eigenvalue weighted by Gasteiger charge is 2.65. The average molecular weight is 902 g/mol. The van der Waals surface area contributed by atoms with Crippen molar-refractivity contribution in [1.29, 1.82) is 0 Å². The largest absolute Gasteiger partial charge is 0.496 e. The average Bonchev–Trinajstić information content (AvgIpc) is 3.32. The molecule has 17 nitrogen and oxygen atoms in total. The van der Waals surface area contributed by atoms with E-state index >= 15 is 0 Å². The van der Waals surface area contributed by atoms with Gasteiger partial charge < -0.3 is 48.6 Å². The molecule has 3 aliphatic rings. The maximum Gasteiger partial charge on any atom is 0.410 e. The number of oxime groups is 1. The summed E-state index contributed by atoms with van der Waals surface area (Å²) < 4.78 is 37.0. The van der Waals surface area contributed by atoms with Gasteiger partial charge >= 0.3 is 6.09 Å². The summed E-state index contributed by atoms with van der Waals surface area (Å²) in [6, 6.07) is 15.6. The van der Waals surface area contributed by atoms with Gasteiger partial charge in [0.15, 0.2) is 6.29 Å². The lowest BCUT2D eigenvalue weighted by Crippen LogP contribution is -2.70. The van der Waals surface area contributed by atoms with Crippen LogP contribution in [-0.4, -0.2) is 115 Å². The number of hydrogen-bond acceptors (Lipinski definition) is 15. The number of ether oxygens (including phenoxy) is 6. The van der Waals surface area contributed by atoms with Crippen molar-refractivity contribution in [2.24, 2.45) is 22.9 Å². The number of rotatable bonds is 25. The van der Waals surface area contributed by atoms with E-state index in [4.69, 9.17) is 38.4 Å². The summed E-state index contributed by atoms with van der Waals surface area (Å²) in [6.07, 6.45) is 7.95. The van der Waals surface area contributed by atoms with Gasteiger partial charge in [-0.1, -0.05) is 30.1 Å². The Morgan fingerprint density at radius 1 is 0.985 bits per heavy atom. The van der Waals surface area contributed by atoms with E-state index in [1.165, 1.54) is 31.3 Å². The zero-order chi connectivity index (χ0) is 46.3. The van der Waals surface area contributed by atoms with Crippen molar-refractivity contribution < 1.29 is 63.1 Å². The van der Waals surface area contributed by atoms with Crippen molar-refractivity contribution in [2.45, 2.75) is 69.3 Å². The van der Waals surface area contributed by atoms with Crippen LogP contribution in [0.2, 0.25) is 0 Å². The van der Waals surface area contributed by atoms with Gasteiger partial charge in [0.1, 0.15) is 35.6 Å². The minimum absolute atomic E-state index is 0.0116. The molecule has 0 radical (unpaired) electrons. The van der Waals surface area contributed by atoms with Crippen molar-refractivity contribution in [2.75, 3.05) is 60.4 Å². The molecule has 1 fully saturated rings. The van der Waals surface area contributed by atoms with Crippen molar-refractivity contribution in [3.05, 3.63) is 112 Å². The number of nitrogens with zero attached hydrogens (tertiary/aromatic N) is 3. The van der Waals surface area contributed by atoms with E-state index in [-0.39, 0.29) is 82.7 Å². The molecule has 3 aromatic rings. The van der Waals surface area contributed by atoms with E-state index in [0.717, 1.165) is 24.0 Å². The van der Waals surface area contributed by atoms with Crippen LogP contribution >= 0.6 is 0 Å². The van der Waals surface area contributed by atoms with E-state index in [0.29, 0.717) is 71.8 Å². The van der Waals surface area contributed by atoms with Crippen LogP contribution in [0.3, 0.4) is 0 Å². The van der Waals surface area contributed by atoms with Crippen molar-refractivity contribution in [1.82, 2.24) is 4.90 Å². The normalized spacial score (nSPS) is 22.4. The van der Waals surface area contributed by atoms with Gasteiger partial charge in [0.25, 0.3) is 5.69 Å². The van der Waals surface area contributed by atoms with Crippen LogP contribution in [0.4, 0.5) is 10.5 Å². The van der Waals surface area contributed by atoms with Gasteiger partial charge in [-0.3, -0.25) is 19.8 Å². The van der Waals surface area contributed by atoms with Crippen molar-refractivity contribution in [3.63, 3.8) is 0 Å². The first-order valence-corrected chi connectivity index (χ1v) is 21.9. The van der Waals surface area contributed by atoms with Gasteiger partial charge in [0.2, 0.25) is 5.79 Å². The molecule has 3 N–H and O–H groups in total. The second kappa shape index (κ2) is 23.4. The lowest BCUT2D eigenvalue weighted by molar-refractivity contribution is -0.384. The summed E-state index contributed by atoms with van der Waals surface area (Å²) in [5.74, 6) is -0.955. The van der Waals surface area contributed by atoms with Crippen LogP contribution in [0.15, 0.2) is 90.1 Å². The number of aldehydes is 1. The zero-order valence-electron chi connectivity index (χ0n) is 36.9. The number of fused-ring (bicyclic) bond motifs is 2. The molecule has 0 unspecified atom stereocenters. The molecule has 350 valence electrons. The van der Waals surface area contributed by atoms with Gasteiger partial charge in [-0.05, 0) is 97.2 Å². The molecule has 1 amide bonds. The highest BCUT2D eigenvalue weighted by Crippen LogP contribution is 2.62. The van der Waals surface area contributed by atoms with Crippen LogP contribution in [0, 0.1) is 27.9 Å². The number of benzene rings is 3. The maximum absolute atomic E-state index is 14.0. The highest BCUT2D eigenvalue weighted by atomic mass is 16.7. The molecule has 17 heteroatoms. The second-order valence-electron chi connectivity index (χ2n) is 16.1. The topological polar surface area (TPSA) is 218 Å². The van der Waals surface area contributed by atoms with Gasteiger partial charge in [-0.15, -0.1) is 6.58 Å². The highest BCUT2D eigenvalue weighted by molar-refractivity contribution is 6.03. The fourth-order valence-corrected chi connectivity index (χ4v) is 9.44. The summed E-state index contributed by atoms with van der Waals surface area (Å²) in [5, 5.41) is 45.5. The molecule has 6 atom stereocenters. The van der Waals surface area contributed by atoms with E-state index in [9.17, 15) is 35.0 Å². The third-order valence-electron chi connectivity index (χ3n) is 12.3. The first kappa shape index (κ1) is 48.6. The zero-order valence-corrected chi connectivity index (χ0v) is 36.9. The number of unbranched alkanes of at least 4 members (excludes halogenated alkanes) is 2. The summed E-state index contributed by atoms with van der Waals surface area (Å²) in [7, 11) is 2.77. The number of aliphatic hydroxyl groups is 3. The molecule has 2 aliphatic carbocycles. The molecule has 6 rings (SSSR count). The summed E-state index contributed by atoms with van der Waals surface area (Å²) in [5.41, 5.74) is 3.03. The third-order valence-corrected chi connectivity index (χ3v) is 12.3. The number of hydrogen-bond donors (Lipinski definition) is 3. The first-order valence-electron chi connectivity index (χ1n) is 21.9. The minimum atomic E-state index is -1.58. The molecule has 0 saturated heterocycles. The predicted octanol–water partition coefficient (Wildman–Crippen LogP) is 7.12. The van der Waals surface area contributed by atoms with Crippen LogP contribution in [0.1, 0.15) is 72.3 Å². The number of methoxy groups -OCH3 is 2. The Bertz CT molecular complexity index is 2160. The number of non-ortho nitro benzene ring substituents is 1. The molecule has 0 bridgehead atoms. The predicted molar refractivity (Wildman–Crippen MR) is 238 cm³/mol. The smallest absolute Gasteiger partial charge is 0.410 e. The van der Waals surface area contributed by atoms with E-state index in [1.807, 2.05) is 12.1 Å². The molecule has 1 saturated carbocycles. The number of amides is 1. The summed E-state index contributed by atoms with van der Waals surface area (Å²) in [6.45, 7) is 3.96. The third kappa shape index (κ3) is 11.2. The molecule has 1 aliphatic heterocycles. The lowest BCUT2D eigenvalue weighted by atomic mass is 9.55. The standard InChI is InChI=1S/C48H59N3O14/c1-4-23-62-48-44(50(47(56)60-3)19-24-61-25-22-54)29-41(49-63-31-32-11-13-35(14-12-32)51(57)58)39-27-33(9-5-7-20-52)38(10-6-8-21-53)45(46(39)48)40-28-37(16-18-43(40)65-48)64-36-15-17-42(59-2)34(26-36)30-55/h4,11-18,26-28,30,33,38,44-46,52-54H,1,5-10,19-25,29,31H2,2-3H3/t33-,38+,44-,45+,46+,48+/m0/s1. The fraction of sp³-hybridized carbons (Fsp3) is 0.479. The van der Waals surface area contributed by atoms with Crippen LogP contribution in [-0.2, 0) is 25.7 Å². The molecule has 1 heterocycles. The number of carbonyl (C=O) groups excluding carboxylic acids is 2. The SMILES string of the molecule is C=CCO[C@@]12Oc3ccc(Oc4ccc(OC)c(C=O)c4)cc3[C@H]3[C@H](CCCCO)[C@@H](CCCCO)C=C(C(=NOCc4ccc([N+](=O)[O-])cc4)C[C@@H]1N(CCOCCO)C(=O)OC)[C@H]32.